The van der Waals surface area contributed by atoms with E-state index < -0.39 is 0 Å². The fourth-order valence-electron chi connectivity index (χ4n) is 2.49. The second-order valence-corrected chi connectivity index (χ2v) is 4.79. The molecule has 1 heterocycles. The first kappa shape index (κ1) is 12.6. The van der Waals surface area contributed by atoms with Gasteiger partial charge in [0.1, 0.15) is 5.82 Å². The number of rotatable bonds is 2. The van der Waals surface area contributed by atoms with Crippen LogP contribution in [0.15, 0.2) is 48.5 Å². The quantitative estimate of drug-likeness (QED) is 0.744. The fraction of sp³-hybridized carbons (Fsp3) is 0.118. The van der Waals surface area contributed by atoms with Crippen molar-refractivity contribution in [1.29, 1.82) is 0 Å². The van der Waals surface area contributed by atoms with Gasteiger partial charge < -0.3 is 5.32 Å². The molecule has 20 heavy (non-hydrogen) atoms. The lowest BCUT2D eigenvalue weighted by atomic mass is 10.0. The van der Waals surface area contributed by atoms with E-state index in [-0.39, 0.29) is 5.82 Å². The average molecular weight is 266 g/mol. The van der Waals surface area contributed by atoms with Gasteiger partial charge >= 0.3 is 0 Å². The minimum absolute atomic E-state index is 0.255. The van der Waals surface area contributed by atoms with Gasteiger partial charge in [-0.15, -0.1) is 0 Å². The molecular formula is C17H15FN2. The Morgan fingerprint density at radius 2 is 1.80 bits per heavy atom. The highest BCUT2D eigenvalue weighted by Crippen LogP contribution is 2.30. The number of benzene rings is 2. The predicted molar refractivity (Wildman–Crippen MR) is 81.4 cm³/mol. The Hall–Kier alpha value is -2.42. The van der Waals surface area contributed by atoms with Gasteiger partial charge in [0.15, 0.2) is 0 Å². The Morgan fingerprint density at radius 3 is 2.50 bits per heavy atom. The summed E-state index contributed by atoms with van der Waals surface area (Å²) >= 11 is 0. The molecule has 100 valence electrons. The van der Waals surface area contributed by atoms with Crippen molar-refractivity contribution in [1.82, 2.24) is 4.98 Å². The Balaban J connectivity index is 2.32. The third-order valence-electron chi connectivity index (χ3n) is 3.41. The van der Waals surface area contributed by atoms with Crippen molar-refractivity contribution in [2.75, 3.05) is 12.4 Å². The van der Waals surface area contributed by atoms with Crippen molar-refractivity contribution >= 4 is 16.6 Å². The van der Waals surface area contributed by atoms with E-state index in [1.807, 2.05) is 50.4 Å². The van der Waals surface area contributed by atoms with Crippen LogP contribution in [0.3, 0.4) is 0 Å². The number of fused-ring (bicyclic) bond motifs is 1. The molecule has 3 rings (SSSR count). The molecule has 0 fully saturated rings. The molecule has 0 radical (unpaired) electrons. The van der Waals surface area contributed by atoms with Gasteiger partial charge in [-0.1, -0.05) is 30.3 Å². The molecule has 0 spiro atoms. The molecule has 0 amide bonds. The van der Waals surface area contributed by atoms with Crippen LogP contribution in [-0.2, 0) is 0 Å². The van der Waals surface area contributed by atoms with Crippen molar-refractivity contribution in [2.45, 2.75) is 6.92 Å². The number of nitrogens with one attached hydrogen (secondary N) is 1. The molecule has 0 atom stereocenters. The Kier molecular flexibility index (Phi) is 3.11. The summed E-state index contributed by atoms with van der Waals surface area (Å²) in [4.78, 5) is 4.60. The second kappa shape index (κ2) is 4.93. The van der Waals surface area contributed by atoms with E-state index >= 15 is 0 Å². The smallest absolute Gasteiger partial charge is 0.125 e. The van der Waals surface area contributed by atoms with Crippen LogP contribution in [-0.4, -0.2) is 12.0 Å². The third-order valence-corrected chi connectivity index (χ3v) is 3.41. The van der Waals surface area contributed by atoms with Crippen molar-refractivity contribution in [3.63, 3.8) is 0 Å². The number of aryl methyl sites for hydroxylation is 1. The number of halogens is 1. The highest BCUT2D eigenvalue weighted by atomic mass is 19.1. The van der Waals surface area contributed by atoms with Gasteiger partial charge in [-0.3, -0.25) is 0 Å². The summed E-state index contributed by atoms with van der Waals surface area (Å²) in [5, 5.41) is 4.14. The van der Waals surface area contributed by atoms with E-state index in [9.17, 15) is 4.39 Å². The topological polar surface area (TPSA) is 24.9 Å². The molecule has 0 bridgehead atoms. The van der Waals surface area contributed by atoms with Crippen LogP contribution in [0.4, 0.5) is 10.1 Å². The molecule has 2 nitrogen and oxygen atoms in total. The molecule has 0 saturated heterocycles. The molecule has 1 N–H and O–H groups in total. The summed E-state index contributed by atoms with van der Waals surface area (Å²) in [6, 6.07) is 14.9. The first-order valence-corrected chi connectivity index (χ1v) is 6.53. The van der Waals surface area contributed by atoms with Gasteiger partial charge in [0, 0.05) is 29.8 Å². The monoisotopic (exact) mass is 266 g/mol. The van der Waals surface area contributed by atoms with Crippen molar-refractivity contribution in [3.05, 3.63) is 59.9 Å². The molecule has 0 aliphatic rings. The van der Waals surface area contributed by atoms with Crippen molar-refractivity contribution in [2.24, 2.45) is 0 Å². The molecular weight excluding hydrogens is 251 g/mol. The SMILES string of the molecule is CNc1cc(-c2ccccc2)nc2cc(F)cc(C)c12. The van der Waals surface area contributed by atoms with Crippen LogP contribution in [0.5, 0.6) is 0 Å². The van der Waals surface area contributed by atoms with Gasteiger partial charge in [-0.05, 0) is 24.6 Å². The maximum Gasteiger partial charge on any atom is 0.125 e. The molecule has 0 aliphatic carbocycles. The van der Waals surface area contributed by atoms with Crippen molar-refractivity contribution in [3.8, 4) is 11.3 Å². The lowest BCUT2D eigenvalue weighted by Crippen LogP contribution is -1.96. The molecule has 3 aromatic rings. The lowest BCUT2D eigenvalue weighted by Gasteiger charge is -2.11. The van der Waals surface area contributed by atoms with Crippen LogP contribution in [0.1, 0.15) is 5.56 Å². The highest BCUT2D eigenvalue weighted by molar-refractivity contribution is 5.96. The summed E-state index contributed by atoms with van der Waals surface area (Å²) in [6.45, 7) is 1.90. The molecule has 2 aromatic carbocycles. The number of pyridine rings is 1. The van der Waals surface area contributed by atoms with Crippen LogP contribution in [0.25, 0.3) is 22.2 Å². The number of hydrogen-bond acceptors (Lipinski definition) is 2. The minimum atomic E-state index is -0.255. The van der Waals surface area contributed by atoms with E-state index in [0.717, 1.165) is 27.9 Å². The van der Waals surface area contributed by atoms with Gasteiger partial charge in [-0.2, -0.15) is 0 Å². The number of aromatic nitrogens is 1. The highest BCUT2D eigenvalue weighted by Gasteiger charge is 2.10. The van der Waals surface area contributed by atoms with Crippen LogP contribution in [0, 0.1) is 12.7 Å². The molecule has 1 aromatic heterocycles. The standard InChI is InChI=1S/C17H15FN2/c1-11-8-13(18)9-16-17(11)15(19-2)10-14(20-16)12-6-4-3-5-7-12/h3-10H,1-2H3,(H,19,20). The van der Waals surface area contributed by atoms with Gasteiger partial charge in [0.2, 0.25) is 0 Å². The van der Waals surface area contributed by atoms with E-state index in [0.29, 0.717) is 5.52 Å². The zero-order valence-electron chi connectivity index (χ0n) is 11.4. The molecule has 0 aliphatic heterocycles. The van der Waals surface area contributed by atoms with E-state index in [1.165, 1.54) is 12.1 Å². The number of anilines is 1. The zero-order valence-corrected chi connectivity index (χ0v) is 11.4. The van der Waals surface area contributed by atoms with Crippen molar-refractivity contribution < 1.29 is 4.39 Å². The first-order chi connectivity index (χ1) is 9.69. The lowest BCUT2D eigenvalue weighted by molar-refractivity contribution is 0.628. The van der Waals surface area contributed by atoms with Gasteiger partial charge in [-0.25, -0.2) is 9.37 Å². The number of hydrogen-bond donors (Lipinski definition) is 1. The summed E-state index contributed by atoms with van der Waals surface area (Å²) in [7, 11) is 1.87. The number of nitrogens with zero attached hydrogens (tertiary/aromatic N) is 1. The maximum atomic E-state index is 13.6. The van der Waals surface area contributed by atoms with Crippen LogP contribution >= 0.6 is 0 Å². The molecule has 3 heteroatoms. The zero-order chi connectivity index (χ0) is 14.1. The van der Waals surface area contributed by atoms with Gasteiger partial charge in [0.25, 0.3) is 0 Å². The normalized spacial score (nSPS) is 10.8. The van der Waals surface area contributed by atoms with E-state index in [2.05, 4.69) is 10.3 Å². The largest absolute Gasteiger partial charge is 0.388 e. The maximum absolute atomic E-state index is 13.6. The molecule has 0 saturated carbocycles. The fourth-order valence-corrected chi connectivity index (χ4v) is 2.49. The Bertz CT molecular complexity index is 767. The van der Waals surface area contributed by atoms with E-state index in [1.54, 1.807) is 0 Å². The molecule has 0 unspecified atom stereocenters. The summed E-state index contributed by atoms with van der Waals surface area (Å²) in [5.41, 5.74) is 4.39. The predicted octanol–water partition coefficient (Wildman–Crippen LogP) is 4.39. The Morgan fingerprint density at radius 1 is 1.05 bits per heavy atom. The summed E-state index contributed by atoms with van der Waals surface area (Å²) in [5.74, 6) is -0.255. The van der Waals surface area contributed by atoms with E-state index in [4.69, 9.17) is 0 Å². The average Bonchev–Trinajstić information content (AvgIpc) is 2.46. The van der Waals surface area contributed by atoms with Crippen LogP contribution < -0.4 is 5.32 Å². The summed E-state index contributed by atoms with van der Waals surface area (Å²) < 4.78 is 13.6. The first-order valence-electron chi connectivity index (χ1n) is 6.53. The second-order valence-electron chi connectivity index (χ2n) is 4.79. The third kappa shape index (κ3) is 2.11. The summed E-state index contributed by atoms with van der Waals surface area (Å²) in [6.07, 6.45) is 0. The van der Waals surface area contributed by atoms with Crippen LogP contribution in [0.2, 0.25) is 0 Å². The Labute approximate surface area is 117 Å². The minimum Gasteiger partial charge on any atom is -0.388 e. The van der Waals surface area contributed by atoms with Gasteiger partial charge in [0.05, 0.1) is 11.2 Å².